The van der Waals surface area contributed by atoms with Crippen LogP contribution in [0.25, 0.3) is 10.2 Å². The SMILES string of the molecule is Cc1cc2c(NC3(C)CCNCC3)ncnc2s1. The summed E-state index contributed by atoms with van der Waals surface area (Å²) >= 11 is 1.72. The summed E-state index contributed by atoms with van der Waals surface area (Å²) in [7, 11) is 0. The predicted octanol–water partition coefficient (Wildman–Crippen LogP) is 2.55. The summed E-state index contributed by atoms with van der Waals surface area (Å²) in [5.41, 5.74) is 0.141. The molecule has 1 fully saturated rings. The van der Waals surface area contributed by atoms with E-state index in [4.69, 9.17) is 0 Å². The first-order chi connectivity index (χ1) is 8.66. The van der Waals surface area contributed by atoms with E-state index in [1.165, 1.54) is 4.88 Å². The van der Waals surface area contributed by atoms with Gasteiger partial charge < -0.3 is 10.6 Å². The summed E-state index contributed by atoms with van der Waals surface area (Å²) < 4.78 is 0. The first-order valence-electron chi connectivity index (χ1n) is 6.36. The minimum Gasteiger partial charge on any atom is -0.364 e. The highest BCUT2D eigenvalue weighted by Crippen LogP contribution is 2.31. The minimum absolute atomic E-state index is 0.141. The Bertz CT molecular complexity index is 557. The van der Waals surface area contributed by atoms with Crippen molar-refractivity contribution < 1.29 is 0 Å². The van der Waals surface area contributed by atoms with Crippen molar-refractivity contribution in [3.63, 3.8) is 0 Å². The number of aromatic nitrogens is 2. The van der Waals surface area contributed by atoms with Crippen molar-refractivity contribution in [2.45, 2.75) is 32.2 Å². The second-order valence-corrected chi connectivity index (χ2v) is 6.47. The highest BCUT2D eigenvalue weighted by molar-refractivity contribution is 7.18. The van der Waals surface area contributed by atoms with Crippen molar-refractivity contribution >= 4 is 27.4 Å². The van der Waals surface area contributed by atoms with Crippen LogP contribution in [0.2, 0.25) is 0 Å². The lowest BCUT2D eigenvalue weighted by Crippen LogP contribution is -2.45. The van der Waals surface area contributed by atoms with Crippen molar-refractivity contribution in [2.75, 3.05) is 18.4 Å². The molecule has 5 heteroatoms. The number of thiophene rings is 1. The van der Waals surface area contributed by atoms with Crippen LogP contribution in [-0.4, -0.2) is 28.6 Å². The molecule has 96 valence electrons. The third-order valence-electron chi connectivity index (χ3n) is 3.58. The number of rotatable bonds is 2. The number of nitrogens with one attached hydrogen (secondary N) is 2. The Balaban J connectivity index is 1.94. The van der Waals surface area contributed by atoms with Gasteiger partial charge in [0.2, 0.25) is 0 Å². The Labute approximate surface area is 111 Å². The van der Waals surface area contributed by atoms with Crippen LogP contribution in [0.5, 0.6) is 0 Å². The zero-order valence-corrected chi connectivity index (χ0v) is 11.6. The molecule has 1 aliphatic heterocycles. The lowest BCUT2D eigenvalue weighted by atomic mass is 9.90. The van der Waals surface area contributed by atoms with Crippen LogP contribution < -0.4 is 10.6 Å². The largest absolute Gasteiger partial charge is 0.364 e. The second-order valence-electron chi connectivity index (χ2n) is 5.23. The van der Waals surface area contributed by atoms with Gasteiger partial charge in [0.05, 0.1) is 5.39 Å². The molecule has 0 unspecified atom stereocenters. The fourth-order valence-electron chi connectivity index (χ4n) is 2.47. The van der Waals surface area contributed by atoms with E-state index >= 15 is 0 Å². The molecule has 4 nitrogen and oxygen atoms in total. The first-order valence-corrected chi connectivity index (χ1v) is 7.18. The molecule has 3 heterocycles. The van der Waals surface area contributed by atoms with Gasteiger partial charge in [0.15, 0.2) is 0 Å². The molecule has 0 radical (unpaired) electrons. The molecule has 0 bridgehead atoms. The molecule has 0 saturated carbocycles. The third-order valence-corrected chi connectivity index (χ3v) is 4.54. The average molecular weight is 262 g/mol. The molecule has 2 aromatic heterocycles. The van der Waals surface area contributed by atoms with Gasteiger partial charge in [-0.25, -0.2) is 9.97 Å². The normalized spacial score (nSPS) is 19.0. The molecule has 2 N–H and O–H groups in total. The van der Waals surface area contributed by atoms with Crippen LogP contribution in [0.4, 0.5) is 5.82 Å². The van der Waals surface area contributed by atoms with Crippen LogP contribution in [0.3, 0.4) is 0 Å². The first kappa shape index (κ1) is 11.9. The summed E-state index contributed by atoms with van der Waals surface area (Å²) in [6.45, 7) is 6.53. The van der Waals surface area contributed by atoms with E-state index in [9.17, 15) is 0 Å². The monoisotopic (exact) mass is 262 g/mol. The molecular formula is C13H18N4S. The van der Waals surface area contributed by atoms with Crippen LogP contribution >= 0.6 is 11.3 Å². The minimum atomic E-state index is 0.141. The van der Waals surface area contributed by atoms with Gasteiger partial charge in [0.25, 0.3) is 0 Å². The third kappa shape index (κ3) is 2.20. The molecule has 0 spiro atoms. The van der Waals surface area contributed by atoms with E-state index in [1.807, 2.05) is 0 Å². The van der Waals surface area contributed by atoms with Crippen molar-refractivity contribution in [3.05, 3.63) is 17.3 Å². The zero-order chi connectivity index (χ0) is 12.6. The maximum Gasteiger partial charge on any atom is 0.138 e. The van der Waals surface area contributed by atoms with E-state index < -0.39 is 0 Å². The quantitative estimate of drug-likeness (QED) is 0.873. The topological polar surface area (TPSA) is 49.8 Å². The lowest BCUT2D eigenvalue weighted by molar-refractivity contribution is 0.364. The van der Waals surface area contributed by atoms with Gasteiger partial charge in [-0.15, -0.1) is 11.3 Å². The van der Waals surface area contributed by atoms with Crippen molar-refractivity contribution in [2.24, 2.45) is 0 Å². The van der Waals surface area contributed by atoms with E-state index in [1.54, 1.807) is 17.7 Å². The standard InChI is InChI=1S/C13H18N4S/c1-9-7-10-11(15-8-16-12(10)18-9)17-13(2)3-5-14-6-4-13/h7-8,14H,3-6H2,1-2H3,(H,15,16,17). The molecule has 1 aliphatic rings. The molecular weight excluding hydrogens is 244 g/mol. The van der Waals surface area contributed by atoms with Gasteiger partial charge in [-0.05, 0) is 45.8 Å². The van der Waals surface area contributed by atoms with Gasteiger partial charge in [-0.2, -0.15) is 0 Å². The van der Waals surface area contributed by atoms with E-state index in [0.717, 1.165) is 42.0 Å². The van der Waals surface area contributed by atoms with E-state index in [-0.39, 0.29) is 5.54 Å². The Kier molecular flexibility index (Phi) is 2.95. The maximum atomic E-state index is 4.42. The zero-order valence-electron chi connectivity index (χ0n) is 10.8. The Morgan fingerprint density at radius 3 is 2.89 bits per heavy atom. The predicted molar refractivity (Wildman–Crippen MR) is 76.3 cm³/mol. The number of hydrogen-bond donors (Lipinski definition) is 2. The molecule has 3 rings (SSSR count). The Morgan fingerprint density at radius 1 is 1.33 bits per heavy atom. The lowest BCUT2D eigenvalue weighted by Gasteiger charge is -2.35. The average Bonchev–Trinajstić information content (AvgIpc) is 2.71. The molecule has 2 aromatic rings. The highest BCUT2D eigenvalue weighted by Gasteiger charge is 2.27. The number of fused-ring (bicyclic) bond motifs is 1. The van der Waals surface area contributed by atoms with E-state index in [2.05, 4.69) is 40.5 Å². The molecule has 0 aromatic carbocycles. The molecule has 18 heavy (non-hydrogen) atoms. The fourth-order valence-corrected chi connectivity index (χ4v) is 3.31. The summed E-state index contributed by atoms with van der Waals surface area (Å²) in [4.78, 5) is 11.1. The molecule has 0 aliphatic carbocycles. The summed E-state index contributed by atoms with van der Waals surface area (Å²) in [5, 5.41) is 8.18. The summed E-state index contributed by atoms with van der Waals surface area (Å²) in [5.74, 6) is 0.980. The Hall–Kier alpha value is -1.20. The van der Waals surface area contributed by atoms with Gasteiger partial charge >= 0.3 is 0 Å². The van der Waals surface area contributed by atoms with Crippen molar-refractivity contribution in [3.8, 4) is 0 Å². The smallest absolute Gasteiger partial charge is 0.138 e. The van der Waals surface area contributed by atoms with Gasteiger partial charge in [-0.1, -0.05) is 0 Å². The van der Waals surface area contributed by atoms with Gasteiger partial charge in [-0.3, -0.25) is 0 Å². The fraction of sp³-hybridized carbons (Fsp3) is 0.538. The van der Waals surface area contributed by atoms with Gasteiger partial charge in [0, 0.05) is 10.4 Å². The maximum absolute atomic E-state index is 4.42. The molecule has 0 atom stereocenters. The number of anilines is 1. The number of piperidine rings is 1. The van der Waals surface area contributed by atoms with Crippen LogP contribution in [0.1, 0.15) is 24.6 Å². The van der Waals surface area contributed by atoms with Crippen LogP contribution in [-0.2, 0) is 0 Å². The van der Waals surface area contributed by atoms with Gasteiger partial charge in [0.1, 0.15) is 17.0 Å². The van der Waals surface area contributed by atoms with Crippen LogP contribution in [0, 0.1) is 6.92 Å². The number of aryl methyl sites for hydroxylation is 1. The van der Waals surface area contributed by atoms with Crippen molar-refractivity contribution in [1.82, 2.24) is 15.3 Å². The summed E-state index contributed by atoms with van der Waals surface area (Å²) in [6.07, 6.45) is 3.91. The molecule has 1 saturated heterocycles. The summed E-state index contributed by atoms with van der Waals surface area (Å²) in [6, 6.07) is 2.17. The van der Waals surface area contributed by atoms with E-state index in [0.29, 0.717) is 0 Å². The highest BCUT2D eigenvalue weighted by atomic mass is 32.1. The van der Waals surface area contributed by atoms with Crippen molar-refractivity contribution in [1.29, 1.82) is 0 Å². The Morgan fingerprint density at radius 2 is 2.11 bits per heavy atom. The number of hydrogen-bond acceptors (Lipinski definition) is 5. The number of nitrogens with zero attached hydrogens (tertiary/aromatic N) is 2. The molecule has 0 amide bonds. The second kappa shape index (κ2) is 4.48. The van der Waals surface area contributed by atoms with Crippen LogP contribution in [0.15, 0.2) is 12.4 Å².